The Kier molecular flexibility index (Phi) is 6.07. The Morgan fingerprint density at radius 2 is 1.64 bits per heavy atom. The lowest BCUT2D eigenvalue weighted by Crippen LogP contribution is -2.24. The number of hydrogen-bond acceptors (Lipinski definition) is 3. The maximum atomic E-state index is 12.6. The third-order valence-electron chi connectivity index (χ3n) is 4.31. The van der Waals surface area contributed by atoms with Crippen LogP contribution in [0.15, 0.2) is 72.8 Å². The Morgan fingerprint density at radius 1 is 0.893 bits per heavy atom. The molecule has 0 aliphatic carbocycles. The molecule has 0 spiro atoms. The number of methoxy groups -OCH3 is 1. The van der Waals surface area contributed by atoms with E-state index in [1.54, 1.807) is 37.4 Å². The number of carbonyl (C=O) groups is 2. The van der Waals surface area contributed by atoms with Crippen LogP contribution in [0.2, 0.25) is 0 Å². The summed E-state index contributed by atoms with van der Waals surface area (Å²) in [5, 5.41) is 5.72. The summed E-state index contributed by atoms with van der Waals surface area (Å²) in [6.07, 6.45) is 0. The first-order chi connectivity index (χ1) is 13.6. The normalized spacial score (nSPS) is 10.2. The molecule has 5 heteroatoms. The molecule has 0 saturated heterocycles. The van der Waals surface area contributed by atoms with Crippen molar-refractivity contribution in [2.75, 3.05) is 12.4 Å². The van der Waals surface area contributed by atoms with Gasteiger partial charge in [0.15, 0.2) is 0 Å². The van der Waals surface area contributed by atoms with E-state index in [0.29, 0.717) is 23.4 Å². The SMILES string of the molecule is COc1ccc(CNC(=O)c2ccccc2NC(=O)c2cccc(C)c2)cc1. The van der Waals surface area contributed by atoms with Crippen LogP contribution in [0.4, 0.5) is 5.69 Å². The van der Waals surface area contributed by atoms with E-state index in [4.69, 9.17) is 4.74 Å². The Bertz CT molecular complexity index is 981. The second-order valence-corrected chi connectivity index (χ2v) is 6.40. The van der Waals surface area contributed by atoms with Gasteiger partial charge in [0.25, 0.3) is 11.8 Å². The van der Waals surface area contributed by atoms with Crippen LogP contribution in [-0.2, 0) is 6.54 Å². The van der Waals surface area contributed by atoms with E-state index >= 15 is 0 Å². The van der Waals surface area contributed by atoms with Gasteiger partial charge in [-0.3, -0.25) is 9.59 Å². The van der Waals surface area contributed by atoms with Crippen molar-refractivity contribution in [2.24, 2.45) is 0 Å². The Balaban J connectivity index is 1.70. The first-order valence-electron chi connectivity index (χ1n) is 8.95. The van der Waals surface area contributed by atoms with Crippen molar-refractivity contribution >= 4 is 17.5 Å². The van der Waals surface area contributed by atoms with Crippen LogP contribution in [0, 0.1) is 6.92 Å². The number of ether oxygens (including phenoxy) is 1. The number of hydrogen-bond donors (Lipinski definition) is 2. The maximum absolute atomic E-state index is 12.6. The molecule has 3 aromatic carbocycles. The smallest absolute Gasteiger partial charge is 0.255 e. The van der Waals surface area contributed by atoms with Gasteiger partial charge >= 0.3 is 0 Å². The summed E-state index contributed by atoms with van der Waals surface area (Å²) in [6, 6.07) is 21.7. The lowest BCUT2D eigenvalue weighted by molar-refractivity contribution is 0.0952. The minimum Gasteiger partial charge on any atom is -0.497 e. The summed E-state index contributed by atoms with van der Waals surface area (Å²) >= 11 is 0. The third kappa shape index (κ3) is 4.76. The zero-order chi connectivity index (χ0) is 19.9. The molecule has 0 saturated carbocycles. The van der Waals surface area contributed by atoms with Crippen LogP contribution < -0.4 is 15.4 Å². The van der Waals surface area contributed by atoms with Gasteiger partial charge in [0.05, 0.1) is 18.4 Å². The van der Waals surface area contributed by atoms with Gasteiger partial charge in [-0.25, -0.2) is 0 Å². The largest absolute Gasteiger partial charge is 0.497 e. The summed E-state index contributed by atoms with van der Waals surface area (Å²) in [6.45, 7) is 2.31. The van der Waals surface area contributed by atoms with Crippen molar-refractivity contribution in [2.45, 2.75) is 13.5 Å². The highest BCUT2D eigenvalue weighted by molar-refractivity contribution is 6.09. The van der Waals surface area contributed by atoms with Crippen LogP contribution in [0.25, 0.3) is 0 Å². The van der Waals surface area contributed by atoms with Crippen LogP contribution >= 0.6 is 0 Å². The van der Waals surface area contributed by atoms with Gasteiger partial charge in [-0.15, -0.1) is 0 Å². The molecule has 0 aliphatic rings. The highest BCUT2D eigenvalue weighted by Crippen LogP contribution is 2.17. The van der Waals surface area contributed by atoms with E-state index in [1.807, 2.05) is 49.4 Å². The van der Waals surface area contributed by atoms with E-state index in [2.05, 4.69) is 10.6 Å². The fraction of sp³-hybridized carbons (Fsp3) is 0.130. The Hall–Kier alpha value is -3.60. The molecule has 0 unspecified atom stereocenters. The monoisotopic (exact) mass is 374 g/mol. The number of anilines is 1. The van der Waals surface area contributed by atoms with Gasteiger partial charge in [0.1, 0.15) is 5.75 Å². The number of benzene rings is 3. The summed E-state index contributed by atoms with van der Waals surface area (Å²) in [4.78, 5) is 25.2. The molecule has 5 nitrogen and oxygen atoms in total. The van der Waals surface area contributed by atoms with Crippen LogP contribution in [-0.4, -0.2) is 18.9 Å². The quantitative estimate of drug-likeness (QED) is 0.680. The van der Waals surface area contributed by atoms with E-state index in [9.17, 15) is 9.59 Å². The molecule has 2 amide bonds. The first kappa shape index (κ1) is 19.2. The average molecular weight is 374 g/mol. The molecule has 0 bridgehead atoms. The molecule has 2 N–H and O–H groups in total. The molecule has 0 aliphatic heterocycles. The summed E-state index contributed by atoms with van der Waals surface area (Å²) in [7, 11) is 1.61. The molecule has 0 radical (unpaired) electrons. The maximum Gasteiger partial charge on any atom is 0.255 e. The predicted molar refractivity (Wildman–Crippen MR) is 110 cm³/mol. The summed E-state index contributed by atoms with van der Waals surface area (Å²) in [5.41, 5.74) is 3.39. The van der Waals surface area contributed by atoms with Gasteiger partial charge in [0, 0.05) is 12.1 Å². The molecule has 0 heterocycles. The number of rotatable bonds is 6. The molecular weight excluding hydrogens is 352 g/mol. The molecular formula is C23H22N2O3. The fourth-order valence-electron chi connectivity index (χ4n) is 2.79. The van der Waals surface area contributed by atoms with Gasteiger partial charge in [-0.2, -0.15) is 0 Å². The lowest BCUT2D eigenvalue weighted by atomic mass is 10.1. The second-order valence-electron chi connectivity index (χ2n) is 6.40. The highest BCUT2D eigenvalue weighted by atomic mass is 16.5. The van der Waals surface area contributed by atoms with E-state index < -0.39 is 0 Å². The minimum atomic E-state index is -0.254. The third-order valence-corrected chi connectivity index (χ3v) is 4.31. The number of aryl methyl sites for hydroxylation is 1. The molecule has 0 atom stereocenters. The van der Waals surface area contributed by atoms with Crippen molar-refractivity contribution in [3.8, 4) is 5.75 Å². The molecule has 0 aromatic heterocycles. The van der Waals surface area contributed by atoms with E-state index in [-0.39, 0.29) is 11.8 Å². The number of nitrogens with one attached hydrogen (secondary N) is 2. The van der Waals surface area contributed by atoms with Crippen molar-refractivity contribution in [1.82, 2.24) is 5.32 Å². The van der Waals surface area contributed by atoms with Gasteiger partial charge in [0.2, 0.25) is 0 Å². The lowest BCUT2D eigenvalue weighted by Gasteiger charge is -2.12. The molecule has 3 rings (SSSR count). The first-order valence-corrected chi connectivity index (χ1v) is 8.95. The molecule has 0 fully saturated rings. The van der Waals surface area contributed by atoms with Gasteiger partial charge in [-0.05, 0) is 48.9 Å². The molecule has 28 heavy (non-hydrogen) atoms. The fourth-order valence-corrected chi connectivity index (χ4v) is 2.79. The van der Waals surface area contributed by atoms with Gasteiger partial charge in [-0.1, -0.05) is 42.0 Å². The number of para-hydroxylation sites is 1. The topological polar surface area (TPSA) is 67.4 Å². The zero-order valence-corrected chi connectivity index (χ0v) is 15.9. The predicted octanol–water partition coefficient (Wildman–Crippen LogP) is 4.19. The second kappa shape index (κ2) is 8.86. The van der Waals surface area contributed by atoms with Crippen molar-refractivity contribution < 1.29 is 14.3 Å². The molecule has 3 aromatic rings. The van der Waals surface area contributed by atoms with Gasteiger partial charge < -0.3 is 15.4 Å². The Morgan fingerprint density at radius 3 is 2.36 bits per heavy atom. The van der Waals surface area contributed by atoms with Crippen LogP contribution in [0.3, 0.4) is 0 Å². The minimum absolute atomic E-state index is 0.251. The van der Waals surface area contributed by atoms with Crippen molar-refractivity contribution in [3.05, 3.63) is 95.1 Å². The van der Waals surface area contributed by atoms with E-state index in [1.165, 1.54) is 0 Å². The summed E-state index contributed by atoms with van der Waals surface area (Å²) in [5.74, 6) is 0.259. The number of carbonyl (C=O) groups excluding carboxylic acids is 2. The zero-order valence-electron chi connectivity index (χ0n) is 15.9. The van der Waals surface area contributed by atoms with Crippen LogP contribution in [0.1, 0.15) is 31.8 Å². The summed E-state index contributed by atoms with van der Waals surface area (Å²) < 4.78 is 5.13. The van der Waals surface area contributed by atoms with Crippen molar-refractivity contribution in [1.29, 1.82) is 0 Å². The average Bonchev–Trinajstić information content (AvgIpc) is 2.72. The van der Waals surface area contributed by atoms with Crippen LogP contribution in [0.5, 0.6) is 5.75 Å². The Labute approximate surface area is 164 Å². The standard InChI is InChI=1S/C23H22N2O3/c1-16-6-5-7-18(14-16)22(26)25-21-9-4-3-8-20(21)23(27)24-15-17-10-12-19(28-2)13-11-17/h3-14H,15H2,1-2H3,(H,24,27)(H,25,26). The van der Waals surface area contributed by atoms with Crippen molar-refractivity contribution in [3.63, 3.8) is 0 Å². The molecule has 142 valence electrons. The highest BCUT2D eigenvalue weighted by Gasteiger charge is 2.14. The van der Waals surface area contributed by atoms with E-state index in [0.717, 1.165) is 16.9 Å². The number of amides is 2.